The van der Waals surface area contributed by atoms with Gasteiger partial charge in [0.05, 0.1) is 23.6 Å². The minimum absolute atomic E-state index is 0.102. The van der Waals surface area contributed by atoms with Gasteiger partial charge in [0, 0.05) is 49.2 Å². The van der Waals surface area contributed by atoms with Crippen molar-refractivity contribution >= 4 is 27.4 Å². The fourth-order valence-electron chi connectivity index (χ4n) is 5.16. The predicted octanol–water partition coefficient (Wildman–Crippen LogP) is 4.07. The van der Waals surface area contributed by atoms with Crippen LogP contribution in [0.5, 0.6) is 5.75 Å². The van der Waals surface area contributed by atoms with Crippen LogP contribution in [0.4, 0.5) is 0 Å². The second-order valence-corrected chi connectivity index (χ2v) is 11.3. The molecule has 1 saturated carbocycles. The number of sulfonamides is 1. The molecule has 180 valence electrons. The van der Waals surface area contributed by atoms with Crippen molar-refractivity contribution in [1.82, 2.24) is 13.8 Å². The van der Waals surface area contributed by atoms with E-state index in [1.54, 1.807) is 6.07 Å². The maximum atomic E-state index is 13.1. The average Bonchev–Trinajstić information content (AvgIpc) is 3.41. The first-order valence-corrected chi connectivity index (χ1v) is 13.3. The third kappa shape index (κ3) is 4.85. The summed E-state index contributed by atoms with van der Waals surface area (Å²) in [5.74, 6) is 0.539. The average molecular weight is 494 g/mol. The van der Waals surface area contributed by atoms with Gasteiger partial charge >= 0.3 is 0 Å². The molecular weight excluding hydrogens is 462 g/mol. The fourth-order valence-corrected chi connectivity index (χ4v) is 6.93. The molecule has 0 radical (unpaired) electrons. The SMILES string of the molecule is COc1ccc(S(=O)(=O)N2CCN(CC(=O)c3cc(C)n(C4CCCC4)c3C)CC2)cc1Cl. The molecule has 4 rings (SSSR count). The van der Waals surface area contributed by atoms with Crippen molar-refractivity contribution < 1.29 is 17.9 Å². The minimum atomic E-state index is -3.65. The van der Waals surface area contributed by atoms with Gasteiger partial charge in [-0.25, -0.2) is 8.42 Å². The van der Waals surface area contributed by atoms with Crippen molar-refractivity contribution in [1.29, 1.82) is 0 Å². The summed E-state index contributed by atoms with van der Waals surface area (Å²) in [7, 11) is -2.17. The lowest BCUT2D eigenvalue weighted by Crippen LogP contribution is -2.49. The second kappa shape index (κ2) is 9.78. The van der Waals surface area contributed by atoms with E-state index in [0.29, 0.717) is 44.5 Å². The Morgan fingerprint density at radius 3 is 2.36 bits per heavy atom. The number of hydrogen-bond acceptors (Lipinski definition) is 5. The van der Waals surface area contributed by atoms with Gasteiger partial charge in [-0.15, -0.1) is 0 Å². The van der Waals surface area contributed by atoms with E-state index in [1.165, 1.54) is 49.2 Å². The van der Waals surface area contributed by atoms with Gasteiger partial charge in [-0.3, -0.25) is 9.69 Å². The predicted molar refractivity (Wildman–Crippen MR) is 129 cm³/mol. The highest BCUT2D eigenvalue weighted by Crippen LogP contribution is 2.33. The molecule has 2 heterocycles. The maximum absolute atomic E-state index is 13.1. The molecule has 0 atom stereocenters. The van der Waals surface area contributed by atoms with E-state index in [-0.39, 0.29) is 15.7 Å². The Hall–Kier alpha value is -1.87. The first-order valence-electron chi connectivity index (χ1n) is 11.5. The van der Waals surface area contributed by atoms with Gasteiger partial charge in [-0.1, -0.05) is 24.4 Å². The number of carbonyl (C=O) groups excluding carboxylic acids is 1. The third-order valence-corrected chi connectivity index (χ3v) is 9.12. The van der Waals surface area contributed by atoms with Gasteiger partial charge in [0.15, 0.2) is 5.78 Å². The van der Waals surface area contributed by atoms with Crippen molar-refractivity contribution in [2.45, 2.75) is 50.5 Å². The number of nitrogens with zero attached hydrogens (tertiary/aromatic N) is 3. The number of piperazine rings is 1. The normalized spacial score (nSPS) is 18.7. The van der Waals surface area contributed by atoms with Crippen LogP contribution in [0.1, 0.15) is 53.5 Å². The fraction of sp³-hybridized carbons (Fsp3) is 0.542. The van der Waals surface area contributed by atoms with Crippen molar-refractivity contribution in [2.24, 2.45) is 0 Å². The Morgan fingerprint density at radius 1 is 1.09 bits per heavy atom. The van der Waals surface area contributed by atoms with Crippen LogP contribution in [0.3, 0.4) is 0 Å². The third-order valence-electron chi connectivity index (χ3n) is 6.93. The second-order valence-electron chi connectivity index (χ2n) is 8.99. The van der Waals surface area contributed by atoms with Gasteiger partial charge in [0.2, 0.25) is 10.0 Å². The molecule has 2 aliphatic rings. The molecule has 0 amide bonds. The van der Waals surface area contributed by atoms with Gasteiger partial charge in [-0.2, -0.15) is 4.31 Å². The van der Waals surface area contributed by atoms with E-state index in [2.05, 4.69) is 11.5 Å². The van der Waals surface area contributed by atoms with Crippen LogP contribution in [0, 0.1) is 13.8 Å². The molecule has 9 heteroatoms. The molecule has 1 aromatic heterocycles. The van der Waals surface area contributed by atoms with Crippen LogP contribution < -0.4 is 4.74 Å². The summed E-state index contributed by atoms with van der Waals surface area (Å²) in [6, 6.07) is 7.02. The van der Waals surface area contributed by atoms with Crippen molar-refractivity contribution in [3.63, 3.8) is 0 Å². The number of Topliss-reactive ketones (excluding diaryl/α,β-unsaturated/α-hetero) is 1. The zero-order valence-corrected chi connectivity index (χ0v) is 21.1. The number of halogens is 1. The van der Waals surface area contributed by atoms with Crippen LogP contribution in [-0.4, -0.2) is 67.8 Å². The molecule has 33 heavy (non-hydrogen) atoms. The van der Waals surface area contributed by atoms with E-state index < -0.39 is 10.0 Å². The summed E-state index contributed by atoms with van der Waals surface area (Å²) in [5.41, 5.74) is 3.00. The Bertz CT molecular complexity index is 1130. The van der Waals surface area contributed by atoms with Gasteiger partial charge in [0.25, 0.3) is 0 Å². The molecule has 1 aliphatic carbocycles. The van der Waals surface area contributed by atoms with Gasteiger partial charge in [-0.05, 0) is 51.0 Å². The Labute approximate surface area is 201 Å². The Kier molecular flexibility index (Phi) is 7.19. The van der Waals surface area contributed by atoms with E-state index in [0.717, 1.165) is 17.0 Å². The molecule has 1 aliphatic heterocycles. The lowest BCUT2D eigenvalue weighted by atomic mass is 10.1. The number of ether oxygens (including phenoxy) is 1. The van der Waals surface area contributed by atoms with Gasteiger partial charge in [0.1, 0.15) is 5.75 Å². The summed E-state index contributed by atoms with van der Waals surface area (Å²) in [6.07, 6.45) is 4.86. The van der Waals surface area contributed by atoms with Crippen LogP contribution in [0.2, 0.25) is 5.02 Å². The lowest BCUT2D eigenvalue weighted by Gasteiger charge is -2.33. The van der Waals surface area contributed by atoms with Gasteiger partial charge < -0.3 is 9.30 Å². The minimum Gasteiger partial charge on any atom is -0.495 e. The summed E-state index contributed by atoms with van der Waals surface area (Å²) in [4.78, 5) is 15.3. The quantitative estimate of drug-likeness (QED) is 0.544. The molecular formula is C24H32ClN3O4S. The Balaban J connectivity index is 1.39. The summed E-state index contributed by atoms with van der Waals surface area (Å²) in [6.45, 7) is 6.12. The molecule has 7 nitrogen and oxygen atoms in total. The molecule has 0 bridgehead atoms. The number of aryl methyl sites for hydroxylation is 1. The summed E-state index contributed by atoms with van der Waals surface area (Å²) in [5, 5.41) is 0.262. The first-order chi connectivity index (χ1) is 15.7. The van der Waals surface area contributed by atoms with Crippen molar-refractivity contribution in [3.05, 3.63) is 46.2 Å². The number of ketones is 1. The molecule has 0 spiro atoms. The van der Waals surface area contributed by atoms with E-state index in [9.17, 15) is 13.2 Å². The van der Waals surface area contributed by atoms with Crippen LogP contribution in [-0.2, 0) is 10.0 Å². The topological polar surface area (TPSA) is 71.9 Å². The molecule has 0 unspecified atom stereocenters. The highest BCUT2D eigenvalue weighted by atomic mass is 35.5. The molecule has 2 fully saturated rings. The van der Waals surface area contributed by atoms with E-state index >= 15 is 0 Å². The largest absolute Gasteiger partial charge is 0.495 e. The highest BCUT2D eigenvalue weighted by molar-refractivity contribution is 7.89. The zero-order chi connectivity index (χ0) is 23.8. The van der Waals surface area contributed by atoms with Crippen LogP contribution >= 0.6 is 11.6 Å². The zero-order valence-electron chi connectivity index (χ0n) is 19.5. The lowest BCUT2D eigenvalue weighted by molar-refractivity contribution is 0.0901. The van der Waals surface area contributed by atoms with Crippen LogP contribution in [0.15, 0.2) is 29.2 Å². The number of rotatable bonds is 7. The molecule has 0 N–H and O–H groups in total. The smallest absolute Gasteiger partial charge is 0.243 e. The maximum Gasteiger partial charge on any atom is 0.243 e. The standard InChI is InChI=1S/C24H32ClN3O4S/c1-17-14-21(18(2)28(17)19-6-4-5-7-19)23(29)16-26-10-12-27(13-11-26)33(30,31)20-8-9-24(32-3)22(25)15-20/h8-9,14-15,19H,4-7,10-13,16H2,1-3H3. The first kappa shape index (κ1) is 24.3. The molecule has 1 saturated heterocycles. The van der Waals surface area contributed by atoms with Crippen LogP contribution in [0.25, 0.3) is 0 Å². The molecule has 1 aromatic carbocycles. The van der Waals surface area contributed by atoms with E-state index in [1.807, 2.05) is 17.9 Å². The number of benzene rings is 1. The monoisotopic (exact) mass is 493 g/mol. The number of methoxy groups -OCH3 is 1. The molecule has 2 aromatic rings. The van der Waals surface area contributed by atoms with E-state index in [4.69, 9.17) is 16.3 Å². The number of aromatic nitrogens is 1. The van der Waals surface area contributed by atoms with Crippen molar-refractivity contribution in [2.75, 3.05) is 39.8 Å². The highest BCUT2D eigenvalue weighted by Gasteiger charge is 2.30. The number of carbonyl (C=O) groups is 1. The van der Waals surface area contributed by atoms with Crippen molar-refractivity contribution in [3.8, 4) is 5.75 Å². The summed E-state index contributed by atoms with van der Waals surface area (Å²) < 4.78 is 35.0. The Morgan fingerprint density at radius 2 is 1.76 bits per heavy atom. The summed E-state index contributed by atoms with van der Waals surface area (Å²) >= 11 is 6.12. The number of hydrogen-bond donors (Lipinski definition) is 0.